The van der Waals surface area contributed by atoms with Gasteiger partial charge in [-0.15, -0.1) is 9.98 Å². The second-order valence-electron chi connectivity index (χ2n) is 2.83. The van der Waals surface area contributed by atoms with Crippen molar-refractivity contribution in [1.82, 2.24) is 0 Å². The Bertz CT molecular complexity index is 111. The predicted octanol–water partition coefficient (Wildman–Crippen LogP) is 0.291. The largest absolute Gasteiger partial charge is 0.237 e. The van der Waals surface area contributed by atoms with Gasteiger partial charge in [0.15, 0.2) is 0 Å². The van der Waals surface area contributed by atoms with E-state index in [0.717, 1.165) is 19.3 Å². The Labute approximate surface area is 70.5 Å². The summed E-state index contributed by atoms with van der Waals surface area (Å²) in [5.74, 6) is 8.64. The zero-order chi connectivity index (χ0) is 8.86. The molecule has 0 heterocycles. The Morgan fingerprint density at radius 1 is 0.833 bits per heavy atom. The number of hydrogen-bond acceptors (Lipinski definition) is 6. The highest BCUT2D eigenvalue weighted by Crippen LogP contribution is 2.32. The zero-order valence-electron chi connectivity index (χ0n) is 6.82. The summed E-state index contributed by atoms with van der Waals surface area (Å²) < 4.78 is 0. The lowest BCUT2D eigenvalue weighted by Gasteiger charge is -2.31. The molecule has 0 aliphatic heterocycles. The van der Waals surface area contributed by atoms with Crippen LogP contribution in [0.15, 0.2) is 0 Å². The minimum Gasteiger partial charge on any atom is -0.183 e. The average Bonchev–Trinajstić information content (AvgIpc) is 2.07. The van der Waals surface area contributed by atoms with Crippen LogP contribution in [0.1, 0.15) is 32.1 Å². The van der Waals surface area contributed by atoms with Gasteiger partial charge in [-0.2, -0.15) is 21.6 Å². The van der Waals surface area contributed by atoms with Crippen LogP contribution in [-0.4, -0.2) is 5.79 Å². The van der Waals surface area contributed by atoms with Crippen molar-refractivity contribution in [3.05, 3.63) is 0 Å². The lowest BCUT2D eigenvalue weighted by atomic mass is 9.94. The van der Waals surface area contributed by atoms with Crippen molar-refractivity contribution in [2.75, 3.05) is 0 Å². The van der Waals surface area contributed by atoms with E-state index in [9.17, 15) is 0 Å². The second-order valence-corrected chi connectivity index (χ2v) is 2.83. The van der Waals surface area contributed by atoms with E-state index in [4.69, 9.17) is 21.6 Å². The standard InChI is InChI=1S/C6H14N2O4/c7-11-9-6(10-12-8)4-2-1-3-5-6/h1-5,7-8H2. The normalized spacial score (nSPS) is 22.5. The molecule has 6 heteroatoms. The van der Waals surface area contributed by atoms with Crippen molar-refractivity contribution in [1.29, 1.82) is 0 Å². The summed E-state index contributed by atoms with van der Waals surface area (Å²) >= 11 is 0. The number of nitrogens with two attached hydrogens (primary N) is 2. The quantitative estimate of drug-likeness (QED) is 0.365. The summed E-state index contributed by atoms with van der Waals surface area (Å²) in [7, 11) is 0. The van der Waals surface area contributed by atoms with Gasteiger partial charge in [-0.25, -0.2) is 0 Å². The van der Waals surface area contributed by atoms with Gasteiger partial charge in [0.1, 0.15) is 0 Å². The average molecular weight is 178 g/mol. The number of hydrogen-bond donors (Lipinski definition) is 2. The van der Waals surface area contributed by atoms with Crippen LogP contribution in [0, 0.1) is 0 Å². The maximum atomic E-state index is 4.78. The molecule has 0 spiro atoms. The summed E-state index contributed by atoms with van der Waals surface area (Å²) in [6.45, 7) is 0. The molecule has 0 amide bonds. The van der Waals surface area contributed by atoms with E-state index in [1.807, 2.05) is 0 Å². The Balaban J connectivity index is 2.44. The summed E-state index contributed by atoms with van der Waals surface area (Å²) in [5, 5.41) is 0. The first kappa shape index (κ1) is 9.85. The fourth-order valence-corrected chi connectivity index (χ4v) is 1.45. The van der Waals surface area contributed by atoms with E-state index >= 15 is 0 Å². The van der Waals surface area contributed by atoms with Crippen molar-refractivity contribution >= 4 is 0 Å². The van der Waals surface area contributed by atoms with Gasteiger partial charge in [0.25, 0.3) is 0 Å². The van der Waals surface area contributed by atoms with Crippen molar-refractivity contribution in [2.24, 2.45) is 11.8 Å². The van der Waals surface area contributed by atoms with E-state index in [0.29, 0.717) is 12.8 Å². The molecule has 0 unspecified atom stereocenters. The Kier molecular flexibility index (Phi) is 3.86. The summed E-state index contributed by atoms with van der Waals surface area (Å²) in [4.78, 5) is 17.7. The fourth-order valence-electron chi connectivity index (χ4n) is 1.45. The Morgan fingerprint density at radius 3 is 1.75 bits per heavy atom. The van der Waals surface area contributed by atoms with Gasteiger partial charge >= 0.3 is 0 Å². The summed E-state index contributed by atoms with van der Waals surface area (Å²) in [6, 6.07) is 0. The molecule has 1 fully saturated rings. The molecule has 6 nitrogen and oxygen atoms in total. The Morgan fingerprint density at radius 2 is 1.33 bits per heavy atom. The van der Waals surface area contributed by atoms with Crippen molar-refractivity contribution in [3.8, 4) is 0 Å². The molecule has 72 valence electrons. The van der Waals surface area contributed by atoms with Gasteiger partial charge in [-0.3, -0.25) is 0 Å². The van der Waals surface area contributed by atoms with Gasteiger partial charge in [-0.1, -0.05) is 6.42 Å². The topological polar surface area (TPSA) is 89.0 Å². The minimum absolute atomic E-state index is 0.668. The summed E-state index contributed by atoms with van der Waals surface area (Å²) in [6.07, 6.45) is 4.44. The molecule has 12 heavy (non-hydrogen) atoms. The monoisotopic (exact) mass is 178 g/mol. The van der Waals surface area contributed by atoms with E-state index in [1.54, 1.807) is 0 Å². The zero-order valence-corrected chi connectivity index (χ0v) is 6.82. The van der Waals surface area contributed by atoms with Crippen molar-refractivity contribution in [3.63, 3.8) is 0 Å². The molecule has 0 radical (unpaired) electrons. The molecule has 4 N–H and O–H groups in total. The third-order valence-electron chi connectivity index (χ3n) is 2.02. The first-order valence-electron chi connectivity index (χ1n) is 3.92. The second kappa shape index (κ2) is 4.70. The molecule has 1 aliphatic carbocycles. The highest BCUT2D eigenvalue weighted by Gasteiger charge is 2.37. The van der Waals surface area contributed by atoms with Gasteiger partial charge in [-0.05, 0) is 12.8 Å². The first-order valence-corrected chi connectivity index (χ1v) is 3.92. The molecule has 0 saturated heterocycles. The van der Waals surface area contributed by atoms with Crippen molar-refractivity contribution < 1.29 is 19.8 Å². The first-order chi connectivity index (χ1) is 5.83. The highest BCUT2D eigenvalue weighted by atomic mass is 17.4. The van der Waals surface area contributed by atoms with Crippen LogP contribution in [0.5, 0.6) is 0 Å². The van der Waals surface area contributed by atoms with E-state index in [-0.39, 0.29) is 0 Å². The molecule has 0 atom stereocenters. The molecule has 0 aromatic carbocycles. The van der Waals surface area contributed by atoms with Crippen LogP contribution >= 0.6 is 0 Å². The molecule has 1 saturated carbocycles. The third-order valence-corrected chi connectivity index (χ3v) is 2.02. The van der Waals surface area contributed by atoms with Gasteiger partial charge < -0.3 is 0 Å². The Hall–Kier alpha value is -0.240. The van der Waals surface area contributed by atoms with Crippen molar-refractivity contribution in [2.45, 2.75) is 37.9 Å². The molecular formula is C6H14N2O4. The number of rotatable bonds is 4. The minimum atomic E-state index is -0.915. The lowest BCUT2D eigenvalue weighted by molar-refractivity contribution is -0.521. The molecule has 0 aromatic heterocycles. The van der Waals surface area contributed by atoms with Gasteiger partial charge in [0.05, 0.1) is 0 Å². The van der Waals surface area contributed by atoms with Crippen LogP contribution in [-0.2, 0) is 19.8 Å². The molecule has 0 bridgehead atoms. The third kappa shape index (κ3) is 2.37. The molecule has 1 rings (SSSR count). The maximum absolute atomic E-state index is 4.78. The molecule has 1 aliphatic rings. The fraction of sp³-hybridized carbons (Fsp3) is 1.00. The van der Waals surface area contributed by atoms with E-state index in [2.05, 4.69) is 9.98 Å². The van der Waals surface area contributed by atoms with Crippen LogP contribution in [0.2, 0.25) is 0 Å². The van der Waals surface area contributed by atoms with E-state index in [1.165, 1.54) is 0 Å². The smallest absolute Gasteiger partial charge is 0.183 e. The molecule has 0 aromatic rings. The van der Waals surface area contributed by atoms with Crippen LogP contribution in [0.4, 0.5) is 0 Å². The lowest BCUT2D eigenvalue weighted by Crippen LogP contribution is -2.39. The predicted molar refractivity (Wildman–Crippen MR) is 38.5 cm³/mol. The van der Waals surface area contributed by atoms with Crippen LogP contribution in [0.25, 0.3) is 0 Å². The van der Waals surface area contributed by atoms with Crippen LogP contribution < -0.4 is 11.8 Å². The van der Waals surface area contributed by atoms with Gasteiger partial charge in [0.2, 0.25) is 5.79 Å². The van der Waals surface area contributed by atoms with Gasteiger partial charge in [0, 0.05) is 12.8 Å². The SMILES string of the molecule is NOOC1(OON)CCCCC1. The van der Waals surface area contributed by atoms with Crippen LogP contribution in [0.3, 0.4) is 0 Å². The van der Waals surface area contributed by atoms with E-state index < -0.39 is 5.79 Å². The molecular weight excluding hydrogens is 164 g/mol. The summed E-state index contributed by atoms with van der Waals surface area (Å²) in [5.41, 5.74) is 0. The highest BCUT2D eigenvalue weighted by molar-refractivity contribution is 4.72. The maximum Gasteiger partial charge on any atom is 0.237 e.